The Morgan fingerprint density at radius 2 is 2.18 bits per heavy atom. The fourth-order valence-electron chi connectivity index (χ4n) is 1.78. The summed E-state index contributed by atoms with van der Waals surface area (Å²) in [6.45, 7) is 4.18. The third kappa shape index (κ3) is 3.03. The maximum atomic E-state index is 4.34. The number of nitrogens with zero attached hydrogens (tertiary/aromatic N) is 2. The summed E-state index contributed by atoms with van der Waals surface area (Å²) in [5.74, 6) is 0.888. The molecule has 0 aliphatic heterocycles. The van der Waals surface area contributed by atoms with Crippen LogP contribution in [0.25, 0.3) is 0 Å². The van der Waals surface area contributed by atoms with Crippen LogP contribution in [-0.2, 0) is 0 Å². The molecule has 0 radical (unpaired) electrons. The molecule has 4 heteroatoms. The maximum absolute atomic E-state index is 4.34. The van der Waals surface area contributed by atoms with E-state index in [4.69, 9.17) is 0 Å². The second kappa shape index (κ2) is 5.77. The smallest absolute Gasteiger partial charge is 0.147 e. The zero-order valence-corrected chi connectivity index (χ0v) is 11.0. The lowest BCUT2D eigenvalue weighted by molar-refractivity contribution is 0.683. The van der Waals surface area contributed by atoms with Crippen LogP contribution in [0.15, 0.2) is 29.9 Å². The molecule has 0 aliphatic rings. The van der Waals surface area contributed by atoms with Crippen molar-refractivity contribution in [1.29, 1.82) is 0 Å². The first-order valence-electron chi connectivity index (χ1n) is 5.88. The molecule has 1 N–H and O–H groups in total. The van der Waals surface area contributed by atoms with Gasteiger partial charge in [0.05, 0.1) is 11.7 Å². The molecule has 0 amide bonds. The van der Waals surface area contributed by atoms with E-state index in [1.165, 1.54) is 4.88 Å². The SMILES string of the molecule is CCCC(Nc1nccnc1C)c1cccs1. The van der Waals surface area contributed by atoms with Crippen LogP contribution in [0.4, 0.5) is 5.82 Å². The normalized spacial score (nSPS) is 12.4. The van der Waals surface area contributed by atoms with Gasteiger partial charge >= 0.3 is 0 Å². The highest BCUT2D eigenvalue weighted by atomic mass is 32.1. The molecule has 90 valence electrons. The quantitative estimate of drug-likeness (QED) is 0.873. The van der Waals surface area contributed by atoms with Crippen molar-refractivity contribution in [3.63, 3.8) is 0 Å². The van der Waals surface area contributed by atoms with E-state index in [1.54, 1.807) is 23.7 Å². The Morgan fingerprint density at radius 1 is 1.35 bits per heavy atom. The van der Waals surface area contributed by atoms with Crippen molar-refractivity contribution in [2.75, 3.05) is 5.32 Å². The molecule has 2 aromatic heterocycles. The summed E-state index contributed by atoms with van der Waals surface area (Å²) in [5.41, 5.74) is 0.949. The van der Waals surface area contributed by atoms with E-state index in [2.05, 4.69) is 39.7 Å². The van der Waals surface area contributed by atoms with Gasteiger partial charge in [-0.3, -0.25) is 4.98 Å². The van der Waals surface area contributed by atoms with Gasteiger partial charge in [-0.15, -0.1) is 11.3 Å². The Labute approximate surface area is 106 Å². The van der Waals surface area contributed by atoms with Crippen molar-refractivity contribution in [2.45, 2.75) is 32.7 Å². The molecular weight excluding hydrogens is 230 g/mol. The van der Waals surface area contributed by atoms with E-state index in [0.29, 0.717) is 6.04 Å². The van der Waals surface area contributed by atoms with E-state index < -0.39 is 0 Å². The highest BCUT2D eigenvalue weighted by molar-refractivity contribution is 7.10. The van der Waals surface area contributed by atoms with Crippen molar-refractivity contribution in [3.8, 4) is 0 Å². The Hall–Kier alpha value is -1.42. The van der Waals surface area contributed by atoms with Gasteiger partial charge in [0.25, 0.3) is 0 Å². The van der Waals surface area contributed by atoms with Gasteiger partial charge < -0.3 is 5.32 Å². The van der Waals surface area contributed by atoms with Gasteiger partial charge in [0.1, 0.15) is 5.82 Å². The molecule has 3 nitrogen and oxygen atoms in total. The molecule has 2 aromatic rings. The minimum absolute atomic E-state index is 0.343. The predicted molar refractivity (Wildman–Crippen MR) is 72.4 cm³/mol. The van der Waals surface area contributed by atoms with Crippen LogP contribution in [0.1, 0.15) is 36.4 Å². The fraction of sp³-hybridized carbons (Fsp3) is 0.385. The van der Waals surface area contributed by atoms with E-state index >= 15 is 0 Å². The van der Waals surface area contributed by atoms with Gasteiger partial charge in [0, 0.05) is 17.3 Å². The molecule has 2 rings (SSSR count). The van der Waals surface area contributed by atoms with Gasteiger partial charge in [-0.1, -0.05) is 19.4 Å². The van der Waals surface area contributed by atoms with Gasteiger partial charge in [-0.2, -0.15) is 0 Å². The van der Waals surface area contributed by atoms with Crippen molar-refractivity contribution < 1.29 is 0 Å². The Morgan fingerprint density at radius 3 is 2.82 bits per heavy atom. The highest BCUT2D eigenvalue weighted by Gasteiger charge is 2.13. The zero-order valence-electron chi connectivity index (χ0n) is 10.2. The minimum Gasteiger partial charge on any atom is -0.361 e. The third-order valence-corrected chi connectivity index (χ3v) is 3.64. The summed E-state index contributed by atoms with van der Waals surface area (Å²) in [5, 5.41) is 5.60. The van der Waals surface area contributed by atoms with Crippen LogP contribution in [0.3, 0.4) is 0 Å². The lowest BCUT2D eigenvalue weighted by Gasteiger charge is -2.18. The van der Waals surface area contributed by atoms with Crippen molar-refractivity contribution >= 4 is 17.2 Å². The van der Waals surface area contributed by atoms with E-state index in [1.807, 2.05) is 6.92 Å². The summed E-state index contributed by atoms with van der Waals surface area (Å²) in [4.78, 5) is 9.95. The van der Waals surface area contributed by atoms with Crippen molar-refractivity contribution in [3.05, 3.63) is 40.5 Å². The van der Waals surface area contributed by atoms with Crippen molar-refractivity contribution in [1.82, 2.24) is 9.97 Å². The van der Waals surface area contributed by atoms with Crippen LogP contribution < -0.4 is 5.32 Å². The van der Waals surface area contributed by atoms with Crippen LogP contribution in [0.5, 0.6) is 0 Å². The second-order valence-corrected chi connectivity index (χ2v) is 4.97. The van der Waals surface area contributed by atoms with Crippen LogP contribution in [0.2, 0.25) is 0 Å². The average Bonchev–Trinajstić information content (AvgIpc) is 2.85. The number of hydrogen-bond acceptors (Lipinski definition) is 4. The predicted octanol–water partition coefficient (Wildman–Crippen LogP) is 3.80. The fourth-order valence-corrected chi connectivity index (χ4v) is 2.59. The molecule has 1 unspecified atom stereocenters. The Bertz CT molecular complexity index is 453. The average molecular weight is 247 g/mol. The van der Waals surface area contributed by atoms with Gasteiger partial charge in [0.15, 0.2) is 0 Å². The van der Waals surface area contributed by atoms with E-state index in [9.17, 15) is 0 Å². The zero-order chi connectivity index (χ0) is 12.1. The summed E-state index contributed by atoms with van der Waals surface area (Å²) in [7, 11) is 0. The van der Waals surface area contributed by atoms with E-state index in [0.717, 1.165) is 24.4 Å². The molecule has 0 fully saturated rings. The number of rotatable bonds is 5. The maximum Gasteiger partial charge on any atom is 0.147 e. The number of aromatic nitrogens is 2. The standard InChI is InChI=1S/C13H17N3S/c1-3-5-11(12-6-4-9-17-12)16-13-10(2)14-7-8-15-13/h4,6-9,11H,3,5H2,1-2H3,(H,15,16). The first-order chi connectivity index (χ1) is 8.31. The second-order valence-electron chi connectivity index (χ2n) is 3.99. The number of thiophene rings is 1. The first-order valence-corrected chi connectivity index (χ1v) is 6.76. The molecule has 0 aromatic carbocycles. The van der Waals surface area contributed by atoms with E-state index in [-0.39, 0.29) is 0 Å². The molecule has 2 heterocycles. The topological polar surface area (TPSA) is 37.8 Å². The molecule has 0 saturated carbocycles. The van der Waals surface area contributed by atoms with Gasteiger partial charge in [-0.25, -0.2) is 4.98 Å². The van der Waals surface area contributed by atoms with Gasteiger partial charge in [-0.05, 0) is 24.8 Å². The first kappa shape index (κ1) is 12.0. The Kier molecular flexibility index (Phi) is 4.09. The molecule has 1 atom stereocenters. The molecule has 0 saturated heterocycles. The van der Waals surface area contributed by atoms with Crippen LogP contribution >= 0.6 is 11.3 Å². The summed E-state index contributed by atoms with van der Waals surface area (Å²) in [6, 6.07) is 4.60. The number of nitrogens with one attached hydrogen (secondary N) is 1. The lowest BCUT2D eigenvalue weighted by Crippen LogP contribution is -2.11. The summed E-state index contributed by atoms with van der Waals surface area (Å²) < 4.78 is 0. The number of anilines is 1. The number of aryl methyl sites for hydroxylation is 1. The highest BCUT2D eigenvalue weighted by Crippen LogP contribution is 2.27. The molecule has 0 spiro atoms. The van der Waals surface area contributed by atoms with Crippen LogP contribution in [-0.4, -0.2) is 9.97 Å². The van der Waals surface area contributed by atoms with Crippen LogP contribution in [0, 0.1) is 6.92 Å². The molecular formula is C13H17N3S. The Balaban J connectivity index is 2.16. The summed E-state index contributed by atoms with van der Waals surface area (Å²) >= 11 is 1.79. The monoisotopic (exact) mass is 247 g/mol. The molecule has 0 bridgehead atoms. The molecule has 0 aliphatic carbocycles. The van der Waals surface area contributed by atoms with Crippen molar-refractivity contribution in [2.24, 2.45) is 0 Å². The lowest BCUT2D eigenvalue weighted by atomic mass is 10.1. The number of hydrogen-bond donors (Lipinski definition) is 1. The minimum atomic E-state index is 0.343. The third-order valence-electron chi connectivity index (χ3n) is 2.66. The molecule has 17 heavy (non-hydrogen) atoms. The largest absolute Gasteiger partial charge is 0.361 e. The summed E-state index contributed by atoms with van der Waals surface area (Å²) in [6.07, 6.45) is 5.71. The van der Waals surface area contributed by atoms with Gasteiger partial charge in [0.2, 0.25) is 0 Å².